The van der Waals surface area contributed by atoms with Crippen LogP contribution in [0.5, 0.6) is 0 Å². The second-order valence-corrected chi connectivity index (χ2v) is 6.68. The van der Waals surface area contributed by atoms with Crippen molar-refractivity contribution < 1.29 is 0 Å². The smallest absolute Gasteiger partial charge is 0.122 e. The molecule has 0 amide bonds. The lowest BCUT2D eigenvalue weighted by Gasteiger charge is -2.40. The number of nitrogen functional groups attached to an aromatic ring is 1. The lowest BCUT2D eigenvalue weighted by atomic mass is 9.77. The first-order valence-electron chi connectivity index (χ1n) is 7.49. The summed E-state index contributed by atoms with van der Waals surface area (Å²) in [5.74, 6) is 0.0713. The molecule has 0 aromatic heterocycles. The van der Waals surface area contributed by atoms with Gasteiger partial charge in [-0.25, -0.2) is 0 Å². The van der Waals surface area contributed by atoms with Crippen molar-refractivity contribution in [3.05, 3.63) is 28.8 Å². The van der Waals surface area contributed by atoms with Crippen LogP contribution in [0.4, 0.5) is 5.69 Å². The zero-order valence-electron chi connectivity index (χ0n) is 11.8. The number of nitrogens with two attached hydrogens (primary N) is 1. The summed E-state index contributed by atoms with van der Waals surface area (Å²) < 4.78 is 0. The van der Waals surface area contributed by atoms with Crippen molar-refractivity contribution in [2.75, 3.05) is 18.0 Å². The number of nitrogens with zero attached hydrogens (tertiary/aromatic N) is 1. The van der Waals surface area contributed by atoms with Crippen LogP contribution in [-0.4, -0.2) is 18.9 Å². The molecule has 3 rings (SSSR count). The average molecular weight is 292 g/mol. The Kier molecular flexibility index (Phi) is 3.63. The summed E-state index contributed by atoms with van der Waals surface area (Å²) in [7, 11) is 0. The van der Waals surface area contributed by atoms with Crippen molar-refractivity contribution in [3.8, 4) is 0 Å². The third kappa shape index (κ3) is 2.51. The zero-order chi connectivity index (χ0) is 14.2. The quantitative estimate of drug-likeness (QED) is 0.643. The standard InChI is InChI=1S/C16H22ClN3/c17-13-11-12(15(18)19)3-4-14(13)20-9-7-16(8-10-20)5-1-2-6-16/h3-4,11H,1-2,5-10H2,(H3,18,19). The lowest BCUT2D eigenvalue weighted by molar-refractivity contribution is 0.226. The zero-order valence-corrected chi connectivity index (χ0v) is 12.5. The predicted octanol–water partition coefficient (Wildman–Crippen LogP) is 3.78. The summed E-state index contributed by atoms with van der Waals surface area (Å²) in [5, 5.41) is 8.17. The minimum Gasteiger partial charge on any atom is -0.384 e. The van der Waals surface area contributed by atoms with Gasteiger partial charge in [-0.3, -0.25) is 5.41 Å². The molecule has 0 bridgehead atoms. The van der Waals surface area contributed by atoms with E-state index >= 15 is 0 Å². The SMILES string of the molecule is N=C(N)c1ccc(N2CCC3(CCCC3)CC2)c(Cl)c1. The van der Waals surface area contributed by atoms with Gasteiger partial charge in [-0.1, -0.05) is 24.4 Å². The van der Waals surface area contributed by atoms with E-state index in [2.05, 4.69) is 4.90 Å². The topological polar surface area (TPSA) is 53.1 Å². The highest BCUT2D eigenvalue weighted by Crippen LogP contribution is 2.47. The van der Waals surface area contributed by atoms with Crippen molar-refractivity contribution in [2.45, 2.75) is 38.5 Å². The van der Waals surface area contributed by atoms with Gasteiger partial charge in [-0.2, -0.15) is 0 Å². The van der Waals surface area contributed by atoms with Gasteiger partial charge in [0.05, 0.1) is 10.7 Å². The molecule has 1 aromatic rings. The Hall–Kier alpha value is -1.22. The van der Waals surface area contributed by atoms with E-state index in [1.165, 1.54) is 38.5 Å². The maximum Gasteiger partial charge on any atom is 0.122 e. The van der Waals surface area contributed by atoms with Gasteiger partial charge < -0.3 is 10.6 Å². The molecule has 1 heterocycles. The number of hydrogen-bond donors (Lipinski definition) is 2. The van der Waals surface area contributed by atoms with Gasteiger partial charge in [0.2, 0.25) is 0 Å². The van der Waals surface area contributed by atoms with Crippen molar-refractivity contribution >= 4 is 23.1 Å². The number of piperidine rings is 1. The van der Waals surface area contributed by atoms with Gasteiger partial charge in [0.15, 0.2) is 0 Å². The van der Waals surface area contributed by atoms with Gasteiger partial charge in [-0.15, -0.1) is 0 Å². The van der Waals surface area contributed by atoms with E-state index in [9.17, 15) is 0 Å². The van der Waals surface area contributed by atoms with Crippen molar-refractivity contribution in [1.29, 1.82) is 5.41 Å². The van der Waals surface area contributed by atoms with Gasteiger partial charge >= 0.3 is 0 Å². The molecule has 0 unspecified atom stereocenters. The van der Waals surface area contributed by atoms with Gasteiger partial charge in [0.1, 0.15) is 5.84 Å². The second kappa shape index (κ2) is 5.28. The Labute approximate surface area is 125 Å². The van der Waals surface area contributed by atoms with E-state index < -0.39 is 0 Å². The molecular weight excluding hydrogens is 270 g/mol. The molecule has 1 aliphatic heterocycles. The summed E-state index contributed by atoms with van der Waals surface area (Å²) in [6.07, 6.45) is 8.23. The van der Waals surface area contributed by atoms with Crippen LogP contribution < -0.4 is 10.6 Å². The van der Waals surface area contributed by atoms with Crippen LogP contribution in [0.3, 0.4) is 0 Å². The Bertz CT molecular complexity index is 510. The molecule has 1 aliphatic carbocycles. The number of hydrogen-bond acceptors (Lipinski definition) is 2. The molecule has 1 spiro atoms. The number of nitrogens with one attached hydrogen (secondary N) is 1. The molecule has 3 N–H and O–H groups in total. The van der Waals surface area contributed by atoms with E-state index in [0.717, 1.165) is 18.8 Å². The number of anilines is 1. The number of benzene rings is 1. The van der Waals surface area contributed by atoms with Crippen LogP contribution >= 0.6 is 11.6 Å². The second-order valence-electron chi connectivity index (χ2n) is 6.27. The highest BCUT2D eigenvalue weighted by Gasteiger charge is 2.37. The number of rotatable bonds is 2. The first-order valence-corrected chi connectivity index (χ1v) is 7.86. The van der Waals surface area contributed by atoms with Crippen LogP contribution in [0.1, 0.15) is 44.1 Å². The molecule has 4 heteroatoms. The minimum atomic E-state index is 0.0713. The van der Waals surface area contributed by atoms with Crippen molar-refractivity contribution in [2.24, 2.45) is 11.1 Å². The predicted molar refractivity (Wildman–Crippen MR) is 84.8 cm³/mol. The molecule has 0 atom stereocenters. The summed E-state index contributed by atoms with van der Waals surface area (Å²) in [6.45, 7) is 2.19. The largest absolute Gasteiger partial charge is 0.384 e. The van der Waals surface area contributed by atoms with E-state index in [-0.39, 0.29) is 5.84 Å². The third-order valence-corrected chi connectivity index (χ3v) is 5.39. The molecule has 1 saturated heterocycles. The van der Waals surface area contributed by atoms with Crippen LogP contribution in [0, 0.1) is 10.8 Å². The molecule has 108 valence electrons. The molecule has 1 aromatic carbocycles. The van der Waals surface area contributed by atoms with E-state index in [0.29, 0.717) is 16.0 Å². The lowest BCUT2D eigenvalue weighted by Crippen LogP contribution is -2.39. The Morgan fingerprint density at radius 2 is 1.80 bits per heavy atom. The first kappa shape index (κ1) is 13.7. The van der Waals surface area contributed by atoms with Crippen molar-refractivity contribution in [3.63, 3.8) is 0 Å². The summed E-state index contributed by atoms with van der Waals surface area (Å²) >= 11 is 6.36. The van der Waals surface area contributed by atoms with Crippen LogP contribution in [0.2, 0.25) is 5.02 Å². The highest BCUT2D eigenvalue weighted by atomic mass is 35.5. The van der Waals surface area contributed by atoms with E-state index in [4.69, 9.17) is 22.7 Å². The fraction of sp³-hybridized carbons (Fsp3) is 0.562. The maximum atomic E-state index is 7.46. The molecule has 2 fully saturated rings. The fourth-order valence-corrected chi connectivity index (χ4v) is 4.08. The molecule has 3 nitrogen and oxygen atoms in total. The fourth-order valence-electron chi connectivity index (χ4n) is 3.78. The average Bonchev–Trinajstić information content (AvgIpc) is 2.88. The maximum absolute atomic E-state index is 7.46. The number of amidine groups is 1. The summed E-state index contributed by atoms with van der Waals surface area (Å²) in [6, 6.07) is 5.70. The van der Waals surface area contributed by atoms with Crippen molar-refractivity contribution in [1.82, 2.24) is 0 Å². The van der Waals surface area contributed by atoms with Gasteiger partial charge in [0.25, 0.3) is 0 Å². The minimum absolute atomic E-state index is 0.0713. The molecule has 0 radical (unpaired) electrons. The Balaban J connectivity index is 1.73. The third-order valence-electron chi connectivity index (χ3n) is 5.09. The molecule has 1 saturated carbocycles. The van der Waals surface area contributed by atoms with Crippen LogP contribution in [0.25, 0.3) is 0 Å². The monoisotopic (exact) mass is 291 g/mol. The molecular formula is C16H22ClN3. The molecule has 2 aliphatic rings. The molecule has 20 heavy (non-hydrogen) atoms. The van der Waals surface area contributed by atoms with E-state index in [1.807, 2.05) is 12.1 Å². The highest BCUT2D eigenvalue weighted by molar-refractivity contribution is 6.33. The van der Waals surface area contributed by atoms with Crippen LogP contribution in [0.15, 0.2) is 18.2 Å². The normalized spacial score (nSPS) is 21.4. The van der Waals surface area contributed by atoms with Gasteiger partial charge in [-0.05, 0) is 49.3 Å². The number of halogens is 1. The van der Waals surface area contributed by atoms with Crippen LogP contribution in [-0.2, 0) is 0 Å². The Morgan fingerprint density at radius 3 is 2.35 bits per heavy atom. The first-order chi connectivity index (χ1) is 9.60. The van der Waals surface area contributed by atoms with Gasteiger partial charge in [0, 0.05) is 18.7 Å². The van der Waals surface area contributed by atoms with E-state index in [1.54, 1.807) is 6.07 Å². The summed E-state index contributed by atoms with van der Waals surface area (Å²) in [4.78, 5) is 2.38. The Morgan fingerprint density at radius 1 is 1.15 bits per heavy atom. The summed E-state index contributed by atoms with van der Waals surface area (Å²) in [5.41, 5.74) is 7.91.